The van der Waals surface area contributed by atoms with Gasteiger partial charge in [0.1, 0.15) is 11.5 Å². The van der Waals surface area contributed by atoms with Gasteiger partial charge in [0, 0.05) is 11.6 Å². The summed E-state index contributed by atoms with van der Waals surface area (Å²) >= 11 is 0. The maximum atomic E-state index is 5.75. The summed E-state index contributed by atoms with van der Waals surface area (Å²) in [5.41, 5.74) is 1.83. The van der Waals surface area contributed by atoms with Crippen molar-refractivity contribution in [3.8, 4) is 0 Å². The monoisotopic (exact) mass is 249 g/mol. The molecular weight excluding hydrogens is 222 g/mol. The lowest BCUT2D eigenvalue weighted by Gasteiger charge is -2.37. The quantitative estimate of drug-likeness (QED) is 0.830. The van der Waals surface area contributed by atoms with Crippen LogP contribution in [0.1, 0.15) is 69.1 Å². The molecule has 102 valence electrons. The van der Waals surface area contributed by atoms with Crippen molar-refractivity contribution in [1.29, 1.82) is 0 Å². The molecule has 1 aromatic rings. The fourth-order valence-electron chi connectivity index (χ4n) is 3.72. The molecule has 2 rings (SSSR count). The molecule has 1 fully saturated rings. The average Bonchev–Trinajstić information content (AvgIpc) is 2.94. The second-order valence-corrected chi connectivity index (χ2v) is 5.78. The van der Waals surface area contributed by atoms with Crippen molar-refractivity contribution < 1.29 is 4.42 Å². The van der Waals surface area contributed by atoms with Crippen molar-refractivity contribution in [2.45, 2.75) is 65.8 Å². The van der Waals surface area contributed by atoms with Crippen molar-refractivity contribution in [1.82, 2.24) is 5.32 Å². The normalized spacial score (nSPS) is 20.2. The van der Waals surface area contributed by atoms with Crippen LogP contribution in [0.3, 0.4) is 0 Å². The first-order valence-electron chi connectivity index (χ1n) is 7.43. The van der Waals surface area contributed by atoms with Gasteiger partial charge in [0.25, 0.3) is 0 Å². The average molecular weight is 249 g/mol. The van der Waals surface area contributed by atoms with E-state index in [4.69, 9.17) is 4.42 Å². The van der Waals surface area contributed by atoms with Gasteiger partial charge >= 0.3 is 0 Å². The lowest BCUT2D eigenvalue weighted by atomic mass is 9.73. The molecule has 18 heavy (non-hydrogen) atoms. The van der Waals surface area contributed by atoms with Crippen LogP contribution in [0.25, 0.3) is 0 Å². The fourth-order valence-corrected chi connectivity index (χ4v) is 3.72. The second kappa shape index (κ2) is 5.48. The summed E-state index contributed by atoms with van der Waals surface area (Å²) in [4.78, 5) is 0. The molecule has 1 aromatic heterocycles. The van der Waals surface area contributed by atoms with E-state index in [0.717, 1.165) is 18.1 Å². The summed E-state index contributed by atoms with van der Waals surface area (Å²) < 4.78 is 5.75. The molecule has 2 heteroatoms. The van der Waals surface area contributed by atoms with Crippen molar-refractivity contribution in [3.05, 3.63) is 23.2 Å². The van der Waals surface area contributed by atoms with Crippen LogP contribution in [-0.4, -0.2) is 6.54 Å². The summed E-state index contributed by atoms with van der Waals surface area (Å²) in [7, 11) is 0. The number of nitrogens with one attached hydrogen (secondary N) is 1. The van der Waals surface area contributed by atoms with Crippen LogP contribution in [0.5, 0.6) is 0 Å². The van der Waals surface area contributed by atoms with Gasteiger partial charge in [-0.3, -0.25) is 0 Å². The zero-order chi connectivity index (χ0) is 13.2. The molecule has 0 amide bonds. The summed E-state index contributed by atoms with van der Waals surface area (Å²) in [5, 5.41) is 3.73. The molecule has 1 saturated carbocycles. The number of hydrogen-bond acceptors (Lipinski definition) is 2. The van der Waals surface area contributed by atoms with Crippen LogP contribution in [0, 0.1) is 19.3 Å². The van der Waals surface area contributed by atoms with Gasteiger partial charge in [-0.15, -0.1) is 0 Å². The molecule has 0 spiro atoms. The predicted molar refractivity (Wildman–Crippen MR) is 75.8 cm³/mol. The zero-order valence-electron chi connectivity index (χ0n) is 12.3. The molecule has 0 saturated heterocycles. The second-order valence-electron chi connectivity index (χ2n) is 5.78. The highest BCUT2D eigenvalue weighted by Crippen LogP contribution is 2.50. The van der Waals surface area contributed by atoms with Gasteiger partial charge in [0.15, 0.2) is 0 Å². The lowest BCUT2D eigenvalue weighted by molar-refractivity contribution is 0.187. The van der Waals surface area contributed by atoms with Gasteiger partial charge in [-0.1, -0.05) is 26.7 Å². The Bertz CT molecular complexity index is 388. The molecule has 1 heterocycles. The molecule has 0 radical (unpaired) electrons. The summed E-state index contributed by atoms with van der Waals surface area (Å²) in [6.07, 6.45) is 6.72. The van der Waals surface area contributed by atoms with Crippen LogP contribution in [-0.2, 0) is 0 Å². The summed E-state index contributed by atoms with van der Waals surface area (Å²) in [5.74, 6) is 2.13. The van der Waals surface area contributed by atoms with Gasteiger partial charge in [0.05, 0.1) is 0 Å². The number of rotatable bonds is 5. The molecule has 0 aliphatic heterocycles. The zero-order valence-corrected chi connectivity index (χ0v) is 12.3. The predicted octanol–water partition coefficient (Wildman–Crippen LogP) is 4.52. The Labute approximate surface area is 111 Å². The number of aryl methyl sites for hydroxylation is 2. The van der Waals surface area contributed by atoms with E-state index in [9.17, 15) is 0 Å². The SMILES string of the molecule is CCNC(c1cc(C)oc1C)C1(CC)CCCC1. The van der Waals surface area contributed by atoms with E-state index in [0.29, 0.717) is 11.5 Å². The third-order valence-corrected chi connectivity index (χ3v) is 4.71. The molecule has 1 aliphatic carbocycles. The number of furan rings is 1. The van der Waals surface area contributed by atoms with Gasteiger partial charge in [0.2, 0.25) is 0 Å². The van der Waals surface area contributed by atoms with E-state index in [-0.39, 0.29) is 0 Å². The molecule has 1 atom stereocenters. The highest BCUT2D eigenvalue weighted by molar-refractivity contribution is 5.27. The summed E-state index contributed by atoms with van der Waals surface area (Å²) in [6.45, 7) is 9.72. The van der Waals surface area contributed by atoms with E-state index < -0.39 is 0 Å². The molecule has 1 aliphatic rings. The molecule has 1 N–H and O–H groups in total. The Morgan fingerprint density at radius 2 is 1.94 bits per heavy atom. The first-order chi connectivity index (χ1) is 8.63. The van der Waals surface area contributed by atoms with Crippen LogP contribution in [0.2, 0.25) is 0 Å². The van der Waals surface area contributed by atoms with E-state index in [1.807, 2.05) is 6.92 Å². The van der Waals surface area contributed by atoms with Crippen molar-refractivity contribution >= 4 is 0 Å². The van der Waals surface area contributed by atoms with Crippen LogP contribution < -0.4 is 5.32 Å². The number of hydrogen-bond donors (Lipinski definition) is 1. The third kappa shape index (κ3) is 2.35. The van der Waals surface area contributed by atoms with E-state index in [1.54, 1.807) is 0 Å². The minimum Gasteiger partial charge on any atom is -0.466 e. The van der Waals surface area contributed by atoms with Crippen LogP contribution in [0.15, 0.2) is 10.5 Å². The Morgan fingerprint density at radius 1 is 1.28 bits per heavy atom. The van der Waals surface area contributed by atoms with Gasteiger partial charge in [-0.25, -0.2) is 0 Å². The first kappa shape index (κ1) is 13.7. The maximum absolute atomic E-state index is 5.75. The fraction of sp³-hybridized carbons (Fsp3) is 0.750. The third-order valence-electron chi connectivity index (χ3n) is 4.71. The largest absolute Gasteiger partial charge is 0.466 e. The van der Waals surface area contributed by atoms with E-state index >= 15 is 0 Å². The van der Waals surface area contributed by atoms with Gasteiger partial charge < -0.3 is 9.73 Å². The Hall–Kier alpha value is -0.760. The van der Waals surface area contributed by atoms with Crippen molar-refractivity contribution in [3.63, 3.8) is 0 Å². The van der Waals surface area contributed by atoms with Crippen molar-refractivity contribution in [2.24, 2.45) is 5.41 Å². The molecule has 2 nitrogen and oxygen atoms in total. The van der Waals surface area contributed by atoms with E-state index in [2.05, 4.69) is 32.2 Å². The van der Waals surface area contributed by atoms with E-state index in [1.165, 1.54) is 37.7 Å². The Morgan fingerprint density at radius 3 is 2.39 bits per heavy atom. The lowest BCUT2D eigenvalue weighted by Crippen LogP contribution is -2.36. The minimum atomic E-state index is 0.442. The Balaban J connectivity index is 2.35. The van der Waals surface area contributed by atoms with Crippen LogP contribution >= 0.6 is 0 Å². The highest BCUT2D eigenvalue weighted by Gasteiger charge is 2.41. The minimum absolute atomic E-state index is 0.442. The standard InChI is InChI=1S/C16H27NO/c1-5-16(9-7-8-10-16)15(17-6-2)14-11-12(3)18-13(14)4/h11,15,17H,5-10H2,1-4H3. The molecule has 1 unspecified atom stereocenters. The first-order valence-corrected chi connectivity index (χ1v) is 7.43. The highest BCUT2D eigenvalue weighted by atomic mass is 16.3. The van der Waals surface area contributed by atoms with Crippen molar-refractivity contribution in [2.75, 3.05) is 6.54 Å². The topological polar surface area (TPSA) is 25.2 Å². The molecule has 0 bridgehead atoms. The Kier molecular flexibility index (Phi) is 4.16. The van der Waals surface area contributed by atoms with Crippen LogP contribution in [0.4, 0.5) is 0 Å². The van der Waals surface area contributed by atoms with Gasteiger partial charge in [-0.2, -0.15) is 0 Å². The maximum Gasteiger partial charge on any atom is 0.105 e. The molecular formula is C16H27NO. The van der Waals surface area contributed by atoms with Gasteiger partial charge in [-0.05, 0) is 51.1 Å². The molecule has 0 aromatic carbocycles. The summed E-state index contributed by atoms with van der Waals surface area (Å²) in [6, 6.07) is 2.70. The smallest absolute Gasteiger partial charge is 0.105 e.